The number of rotatable bonds is 7. The van der Waals surface area contributed by atoms with Crippen LogP contribution in [0, 0.1) is 5.41 Å². The number of thioether (sulfide) groups is 1. The molecule has 0 aromatic heterocycles. The zero-order chi connectivity index (χ0) is 11.0. The molecule has 0 radical (unpaired) electrons. The lowest BCUT2D eigenvalue weighted by molar-refractivity contribution is 0.0374. The summed E-state index contributed by atoms with van der Waals surface area (Å²) in [6.07, 6.45) is 6.57. The fourth-order valence-electron chi connectivity index (χ4n) is 1.86. The van der Waals surface area contributed by atoms with Crippen LogP contribution in [-0.2, 0) is 4.74 Å². The van der Waals surface area contributed by atoms with Crippen LogP contribution in [0.3, 0.4) is 0 Å². The molecule has 0 aliphatic carbocycles. The predicted octanol–water partition coefficient (Wildman–Crippen LogP) is 4.10. The summed E-state index contributed by atoms with van der Waals surface area (Å²) in [6.45, 7) is 4.19. The van der Waals surface area contributed by atoms with Crippen molar-refractivity contribution in [1.29, 1.82) is 0 Å². The van der Waals surface area contributed by atoms with E-state index in [0.717, 1.165) is 18.5 Å². The smallest absolute Gasteiger partial charge is 0.0471 e. The van der Waals surface area contributed by atoms with Crippen LogP contribution < -0.4 is 0 Å². The first-order valence-corrected chi connectivity index (χ1v) is 8.32. The van der Waals surface area contributed by atoms with E-state index >= 15 is 0 Å². The summed E-state index contributed by atoms with van der Waals surface area (Å²) in [5.41, 5.74) is 0.523. The molecule has 90 valence electrons. The molecule has 1 fully saturated rings. The van der Waals surface area contributed by atoms with Crippen LogP contribution >= 0.6 is 27.7 Å². The summed E-state index contributed by atoms with van der Waals surface area (Å²) in [4.78, 5) is 0. The fourth-order valence-corrected chi connectivity index (χ4v) is 4.26. The van der Waals surface area contributed by atoms with Gasteiger partial charge in [-0.2, -0.15) is 11.8 Å². The number of ether oxygens (including phenoxy) is 1. The lowest BCUT2D eigenvalue weighted by atomic mass is 9.85. The molecule has 1 rings (SSSR count). The average molecular weight is 295 g/mol. The number of hydrogen-bond acceptors (Lipinski definition) is 2. The van der Waals surface area contributed by atoms with E-state index < -0.39 is 0 Å². The van der Waals surface area contributed by atoms with Crippen LogP contribution in [0.1, 0.15) is 39.0 Å². The van der Waals surface area contributed by atoms with Crippen molar-refractivity contribution >= 4 is 27.7 Å². The largest absolute Gasteiger partial charge is 0.381 e. The average Bonchev–Trinajstić information content (AvgIpc) is 2.30. The minimum Gasteiger partial charge on any atom is -0.381 e. The Bertz CT molecular complexity index is 158. The highest BCUT2D eigenvalue weighted by Gasteiger charge is 2.31. The maximum atomic E-state index is 5.44. The van der Waals surface area contributed by atoms with Gasteiger partial charge in [0, 0.05) is 18.5 Å². The third-order valence-corrected chi connectivity index (χ3v) is 5.72. The van der Waals surface area contributed by atoms with Gasteiger partial charge in [0.15, 0.2) is 0 Å². The van der Waals surface area contributed by atoms with Crippen LogP contribution in [0.2, 0.25) is 0 Å². The van der Waals surface area contributed by atoms with E-state index in [1.165, 1.54) is 43.6 Å². The third kappa shape index (κ3) is 5.10. The molecule has 0 aromatic rings. The van der Waals surface area contributed by atoms with Gasteiger partial charge in [-0.1, -0.05) is 35.7 Å². The van der Waals surface area contributed by atoms with Crippen LogP contribution in [0.5, 0.6) is 0 Å². The van der Waals surface area contributed by atoms with Gasteiger partial charge < -0.3 is 4.74 Å². The minimum absolute atomic E-state index is 0.523. The van der Waals surface area contributed by atoms with Gasteiger partial charge in [-0.25, -0.2) is 0 Å². The maximum absolute atomic E-state index is 5.44. The van der Waals surface area contributed by atoms with Crippen LogP contribution in [0.25, 0.3) is 0 Å². The summed E-state index contributed by atoms with van der Waals surface area (Å²) < 4.78 is 5.44. The Hall–Kier alpha value is 0.790. The highest BCUT2D eigenvalue weighted by molar-refractivity contribution is 9.09. The topological polar surface area (TPSA) is 9.23 Å². The highest BCUT2D eigenvalue weighted by atomic mass is 79.9. The molecule has 0 saturated carbocycles. The molecule has 1 saturated heterocycles. The standard InChI is InChI=1S/C12H23BrOS/c1-2-3-4-9-15-11-12(10-13)5-7-14-8-6-12/h2-11H2,1H3. The number of halogens is 1. The van der Waals surface area contributed by atoms with Gasteiger partial charge in [-0.05, 0) is 36.2 Å². The lowest BCUT2D eigenvalue weighted by Crippen LogP contribution is -2.33. The molecule has 1 aliphatic heterocycles. The Kier molecular flexibility index (Phi) is 7.36. The van der Waals surface area contributed by atoms with Gasteiger partial charge in [-0.15, -0.1) is 0 Å². The van der Waals surface area contributed by atoms with Gasteiger partial charge in [0.1, 0.15) is 0 Å². The van der Waals surface area contributed by atoms with Crippen LogP contribution in [-0.4, -0.2) is 30.0 Å². The van der Waals surface area contributed by atoms with Crippen molar-refractivity contribution < 1.29 is 4.74 Å². The third-order valence-electron chi connectivity index (χ3n) is 3.14. The quantitative estimate of drug-likeness (QED) is 0.516. The van der Waals surface area contributed by atoms with Crippen LogP contribution in [0.15, 0.2) is 0 Å². The van der Waals surface area contributed by atoms with E-state index in [9.17, 15) is 0 Å². The first-order valence-electron chi connectivity index (χ1n) is 6.04. The number of unbranched alkanes of at least 4 members (excludes halogenated alkanes) is 2. The number of alkyl halides is 1. The second-order valence-electron chi connectivity index (χ2n) is 4.51. The molecular formula is C12H23BrOS. The summed E-state index contributed by atoms with van der Waals surface area (Å²) in [5, 5.41) is 1.14. The predicted molar refractivity (Wildman–Crippen MR) is 73.1 cm³/mol. The Morgan fingerprint density at radius 2 is 2.00 bits per heavy atom. The van der Waals surface area contributed by atoms with Gasteiger partial charge in [0.2, 0.25) is 0 Å². The fraction of sp³-hybridized carbons (Fsp3) is 1.00. The first kappa shape index (κ1) is 13.9. The van der Waals surface area contributed by atoms with Gasteiger partial charge in [0.25, 0.3) is 0 Å². The molecule has 1 nitrogen and oxygen atoms in total. The summed E-state index contributed by atoms with van der Waals surface area (Å²) in [7, 11) is 0. The van der Waals surface area contributed by atoms with Crippen molar-refractivity contribution in [2.24, 2.45) is 5.41 Å². The molecule has 15 heavy (non-hydrogen) atoms. The molecular weight excluding hydrogens is 272 g/mol. The van der Waals surface area contributed by atoms with Gasteiger partial charge in [0.05, 0.1) is 0 Å². The van der Waals surface area contributed by atoms with E-state index in [0.29, 0.717) is 5.41 Å². The molecule has 3 heteroatoms. The Labute approximate surface area is 107 Å². The maximum Gasteiger partial charge on any atom is 0.0471 e. The van der Waals surface area contributed by atoms with E-state index in [1.807, 2.05) is 0 Å². The molecule has 0 amide bonds. The van der Waals surface area contributed by atoms with E-state index in [2.05, 4.69) is 34.6 Å². The highest BCUT2D eigenvalue weighted by Crippen LogP contribution is 2.36. The Morgan fingerprint density at radius 1 is 1.27 bits per heavy atom. The number of hydrogen-bond donors (Lipinski definition) is 0. The van der Waals surface area contributed by atoms with Crippen molar-refractivity contribution in [2.45, 2.75) is 39.0 Å². The summed E-state index contributed by atoms with van der Waals surface area (Å²) in [6, 6.07) is 0. The van der Waals surface area contributed by atoms with E-state index in [4.69, 9.17) is 4.74 Å². The SMILES string of the molecule is CCCCCSCC1(CBr)CCOCC1. The van der Waals surface area contributed by atoms with E-state index in [-0.39, 0.29) is 0 Å². The van der Waals surface area contributed by atoms with Gasteiger partial charge >= 0.3 is 0 Å². The normalized spacial score (nSPS) is 20.4. The first-order chi connectivity index (χ1) is 7.33. The summed E-state index contributed by atoms with van der Waals surface area (Å²) in [5.74, 6) is 2.65. The lowest BCUT2D eigenvalue weighted by Gasteiger charge is -2.35. The molecule has 0 atom stereocenters. The second-order valence-corrected chi connectivity index (χ2v) is 6.17. The Morgan fingerprint density at radius 3 is 2.60 bits per heavy atom. The zero-order valence-electron chi connectivity index (χ0n) is 9.77. The summed E-state index contributed by atoms with van der Waals surface area (Å²) >= 11 is 5.82. The Balaban J connectivity index is 2.15. The van der Waals surface area contributed by atoms with E-state index in [1.54, 1.807) is 0 Å². The molecule has 0 spiro atoms. The van der Waals surface area contributed by atoms with Crippen molar-refractivity contribution in [3.8, 4) is 0 Å². The van der Waals surface area contributed by atoms with Crippen molar-refractivity contribution in [1.82, 2.24) is 0 Å². The minimum atomic E-state index is 0.523. The zero-order valence-corrected chi connectivity index (χ0v) is 12.2. The van der Waals surface area contributed by atoms with Crippen molar-refractivity contribution in [3.05, 3.63) is 0 Å². The molecule has 0 N–H and O–H groups in total. The second kappa shape index (κ2) is 7.97. The molecule has 1 aliphatic rings. The van der Waals surface area contributed by atoms with Crippen LogP contribution in [0.4, 0.5) is 0 Å². The monoisotopic (exact) mass is 294 g/mol. The molecule has 0 unspecified atom stereocenters. The molecule has 0 aromatic carbocycles. The van der Waals surface area contributed by atoms with Crippen molar-refractivity contribution in [3.63, 3.8) is 0 Å². The van der Waals surface area contributed by atoms with Gasteiger partial charge in [-0.3, -0.25) is 0 Å². The van der Waals surface area contributed by atoms with Crippen molar-refractivity contribution in [2.75, 3.05) is 30.0 Å². The molecule has 0 bridgehead atoms. The molecule has 1 heterocycles.